The quantitative estimate of drug-likeness (QED) is 0.796. The number of nitrogens with zero attached hydrogens (tertiary/aromatic N) is 3. The molecule has 21 heavy (non-hydrogen) atoms. The lowest BCUT2D eigenvalue weighted by molar-refractivity contribution is 0.617. The van der Waals surface area contributed by atoms with Gasteiger partial charge in [-0.2, -0.15) is 16.7 Å². The standard InChI is InChI=1S/C15H19FN4S/c1-20(2)14-7-8-17-15(19-14)18-9-10-21-11-12-5-3-4-6-13(12)16/h3-8H,9-11H2,1-2H3,(H,17,18,19). The molecular weight excluding hydrogens is 287 g/mol. The number of aromatic nitrogens is 2. The van der Waals surface area contributed by atoms with Crippen molar-refractivity contribution < 1.29 is 4.39 Å². The summed E-state index contributed by atoms with van der Waals surface area (Å²) in [5, 5.41) is 3.18. The van der Waals surface area contributed by atoms with E-state index in [2.05, 4.69) is 15.3 Å². The summed E-state index contributed by atoms with van der Waals surface area (Å²) in [6.07, 6.45) is 1.73. The molecule has 1 N–H and O–H groups in total. The Morgan fingerprint density at radius 3 is 2.81 bits per heavy atom. The third-order valence-corrected chi connectivity index (χ3v) is 3.85. The number of hydrogen-bond donors (Lipinski definition) is 1. The highest BCUT2D eigenvalue weighted by Gasteiger charge is 2.02. The molecule has 0 spiro atoms. The Hall–Kier alpha value is -1.82. The first-order valence-corrected chi connectivity index (χ1v) is 7.87. The van der Waals surface area contributed by atoms with Crippen molar-refractivity contribution in [3.63, 3.8) is 0 Å². The molecular formula is C15H19FN4S. The van der Waals surface area contributed by atoms with Gasteiger partial charge in [0.05, 0.1) is 0 Å². The molecule has 0 unspecified atom stereocenters. The Morgan fingerprint density at radius 1 is 1.24 bits per heavy atom. The average Bonchev–Trinajstić information content (AvgIpc) is 2.49. The van der Waals surface area contributed by atoms with E-state index >= 15 is 0 Å². The van der Waals surface area contributed by atoms with Gasteiger partial charge in [-0.3, -0.25) is 0 Å². The first kappa shape index (κ1) is 15.6. The van der Waals surface area contributed by atoms with Gasteiger partial charge in [0.15, 0.2) is 0 Å². The van der Waals surface area contributed by atoms with Crippen molar-refractivity contribution in [2.75, 3.05) is 36.6 Å². The van der Waals surface area contributed by atoms with E-state index in [0.717, 1.165) is 23.7 Å². The lowest BCUT2D eigenvalue weighted by atomic mass is 10.2. The van der Waals surface area contributed by atoms with Gasteiger partial charge in [-0.1, -0.05) is 18.2 Å². The fraction of sp³-hybridized carbons (Fsp3) is 0.333. The number of nitrogens with one attached hydrogen (secondary N) is 1. The highest BCUT2D eigenvalue weighted by Crippen LogP contribution is 2.15. The normalized spacial score (nSPS) is 10.4. The molecule has 0 bridgehead atoms. The van der Waals surface area contributed by atoms with Crippen molar-refractivity contribution in [3.8, 4) is 0 Å². The third-order valence-electron chi connectivity index (χ3n) is 2.84. The Labute approximate surface area is 128 Å². The molecule has 6 heteroatoms. The molecule has 2 aromatic rings. The largest absolute Gasteiger partial charge is 0.363 e. The Balaban J connectivity index is 1.73. The fourth-order valence-corrected chi connectivity index (χ4v) is 2.56. The van der Waals surface area contributed by atoms with Crippen molar-refractivity contribution in [3.05, 3.63) is 47.9 Å². The maximum atomic E-state index is 13.4. The predicted molar refractivity (Wildman–Crippen MR) is 87.4 cm³/mol. The number of benzene rings is 1. The zero-order chi connectivity index (χ0) is 15.1. The van der Waals surface area contributed by atoms with Crippen LogP contribution in [0, 0.1) is 5.82 Å². The van der Waals surface area contributed by atoms with Gasteiger partial charge >= 0.3 is 0 Å². The summed E-state index contributed by atoms with van der Waals surface area (Å²) in [7, 11) is 3.88. The molecule has 0 atom stereocenters. The second kappa shape index (κ2) is 7.83. The van der Waals surface area contributed by atoms with Gasteiger partial charge in [-0.15, -0.1) is 0 Å². The van der Waals surface area contributed by atoms with Crippen molar-refractivity contribution in [2.24, 2.45) is 0 Å². The molecule has 1 aromatic carbocycles. The van der Waals surface area contributed by atoms with E-state index in [4.69, 9.17) is 0 Å². The van der Waals surface area contributed by atoms with Gasteiger partial charge in [-0.25, -0.2) is 9.37 Å². The van der Waals surface area contributed by atoms with Crippen LogP contribution >= 0.6 is 11.8 Å². The van der Waals surface area contributed by atoms with Crippen LogP contribution < -0.4 is 10.2 Å². The van der Waals surface area contributed by atoms with E-state index in [9.17, 15) is 4.39 Å². The minimum atomic E-state index is -0.139. The number of anilines is 2. The second-order valence-electron chi connectivity index (χ2n) is 4.70. The molecule has 1 heterocycles. The lowest BCUT2D eigenvalue weighted by Crippen LogP contribution is -2.13. The Morgan fingerprint density at radius 2 is 2.05 bits per heavy atom. The van der Waals surface area contributed by atoms with E-state index in [1.807, 2.05) is 37.2 Å². The van der Waals surface area contributed by atoms with Gasteiger partial charge in [0.2, 0.25) is 5.95 Å². The monoisotopic (exact) mass is 306 g/mol. The molecule has 0 amide bonds. The molecule has 1 aromatic heterocycles. The first-order valence-electron chi connectivity index (χ1n) is 6.72. The van der Waals surface area contributed by atoms with Crippen molar-refractivity contribution in [2.45, 2.75) is 5.75 Å². The van der Waals surface area contributed by atoms with E-state index < -0.39 is 0 Å². The minimum Gasteiger partial charge on any atom is -0.363 e. The summed E-state index contributed by atoms with van der Waals surface area (Å²) in [5.41, 5.74) is 0.744. The van der Waals surface area contributed by atoms with Gasteiger partial charge in [0, 0.05) is 38.3 Å². The molecule has 0 saturated heterocycles. The van der Waals surface area contributed by atoms with E-state index in [-0.39, 0.29) is 5.82 Å². The van der Waals surface area contributed by atoms with Gasteiger partial charge in [0.25, 0.3) is 0 Å². The van der Waals surface area contributed by atoms with Crippen LogP contribution in [-0.2, 0) is 5.75 Å². The van der Waals surface area contributed by atoms with Crippen LogP contribution in [0.5, 0.6) is 0 Å². The minimum absolute atomic E-state index is 0.139. The van der Waals surface area contributed by atoms with Crippen molar-refractivity contribution >= 4 is 23.5 Å². The van der Waals surface area contributed by atoms with Crippen LogP contribution in [0.2, 0.25) is 0 Å². The molecule has 0 saturated carbocycles. The summed E-state index contributed by atoms with van der Waals surface area (Å²) in [5.74, 6) is 2.88. The highest BCUT2D eigenvalue weighted by atomic mass is 32.2. The average molecular weight is 306 g/mol. The number of thioether (sulfide) groups is 1. The van der Waals surface area contributed by atoms with Crippen molar-refractivity contribution in [1.29, 1.82) is 0 Å². The molecule has 0 radical (unpaired) electrons. The summed E-state index contributed by atoms with van der Waals surface area (Å²) in [4.78, 5) is 10.5. The van der Waals surface area contributed by atoms with Crippen LogP contribution in [0.15, 0.2) is 36.5 Å². The van der Waals surface area contributed by atoms with E-state index in [1.54, 1.807) is 24.0 Å². The SMILES string of the molecule is CN(C)c1ccnc(NCCSCc2ccccc2F)n1. The summed E-state index contributed by atoms with van der Waals surface area (Å²) in [6, 6.07) is 8.74. The predicted octanol–water partition coefficient (Wildman–Crippen LogP) is 3.03. The molecule has 112 valence electrons. The zero-order valence-corrected chi connectivity index (χ0v) is 13.0. The smallest absolute Gasteiger partial charge is 0.224 e. The topological polar surface area (TPSA) is 41.1 Å². The van der Waals surface area contributed by atoms with Crippen LogP contribution in [0.3, 0.4) is 0 Å². The fourth-order valence-electron chi connectivity index (χ4n) is 1.72. The number of rotatable bonds is 7. The van der Waals surface area contributed by atoms with Crippen molar-refractivity contribution in [1.82, 2.24) is 9.97 Å². The highest BCUT2D eigenvalue weighted by molar-refractivity contribution is 7.98. The van der Waals surface area contributed by atoms with Gasteiger partial charge < -0.3 is 10.2 Å². The summed E-state index contributed by atoms with van der Waals surface area (Å²) in [6.45, 7) is 0.746. The maximum absolute atomic E-state index is 13.4. The van der Waals surface area contributed by atoms with E-state index in [0.29, 0.717) is 11.7 Å². The molecule has 0 aliphatic carbocycles. The molecule has 0 aliphatic rings. The summed E-state index contributed by atoms with van der Waals surface area (Å²) >= 11 is 1.68. The maximum Gasteiger partial charge on any atom is 0.224 e. The van der Waals surface area contributed by atoms with Gasteiger partial charge in [-0.05, 0) is 17.7 Å². The zero-order valence-electron chi connectivity index (χ0n) is 12.2. The summed E-state index contributed by atoms with van der Waals surface area (Å²) < 4.78 is 13.4. The van der Waals surface area contributed by atoms with E-state index in [1.165, 1.54) is 6.07 Å². The number of halogens is 1. The molecule has 4 nitrogen and oxygen atoms in total. The second-order valence-corrected chi connectivity index (χ2v) is 5.81. The van der Waals surface area contributed by atoms with Crippen LogP contribution in [0.1, 0.15) is 5.56 Å². The lowest BCUT2D eigenvalue weighted by Gasteiger charge is -2.12. The Bertz CT molecular complexity index is 577. The Kier molecular flexibility index (Phi) is 5.80. The van der Waals surface area contributed by atoms with Crippen LogP contribution in [0.4, 0.5) is 16.2 Å². The molecule has 2 rings (SSSR count). The first-order chi connectivity index (χ1) is 10.2. The molecule has 0 aliphatic heterocycles. The number of hydrogen-bond acceptors (Lipinski definition) is 5. The van der Waals surface area contributed by atoms with Crippen LogP contribution in [0.25, 0.3) is 0 Å². The third kappa shape index (κ3) is 4.90. The van der Waals surface area contributed by atoms with Gasteiger partial charge in [0.1, 0.15) is 11.6 Å². The van der Waals surface area contributed by atoms with Crippen LogP contribution in [-0.4, -0.2) is 36.4 Å². The molecule has 0 fully saturated rings.